The number of rotatable bonds is 3. The minimum absolute atomic E-state index is 0.0613. The molecule has 108 valence electrons. The molecule has 0 saturated heterocycles. The molecular weight excluding hydrogens is 266 g/mol. The SMILES string of the molecule is O=C(NCC1(O)CCc2ccccc21)c1ccccc1O. The Morgan fingerprint density at radius 2 is 1.86 bits per heavy atom. The molecular formula is C17H17NO3. The monoisotopic (exact) mass is 283 g/mol. The average Bonchev–Trinajstić information content (AvgIpc) is 2.84. The van der Waals surface area contributed by atoms with Crippen LogP contribution in [0.4, 0.5) is 0 Å². The first kappa shape index (κ1) is 13.6. The molecule has 0 spiro atoms. The lowest BCUT2D eigenvalue weighted by molar-refractivity contribution is 0.0369. The highest BCUT2D eigenvalue weighted by Crippen LogP contribution is 2.36. The van der Waals surface area contributed by atoms with Gasteiger partial charge in [0, 0.05) is 0 Å². The third-order valence-electron chi connectivity index (χ3n) is 4.02. The highest BCUT2D eigenvalue weighted by molar-refractivity contribution is 5.96. The van der Waals surface area contributed by atoms with Gasteiger partial charge in [0.2, 0.25) is 0 Å². The van der Waals surface area contributed by atoms with Gasteiger partial charge in [0.25, 0.3) is 5.91 Å². The van der Waals surface area contributed by atoms with Crippen LogP contribution in [0.2, 0.25) is 0 Å². The van der Waals surface area contributed by atoms with Crippen molar-refractivity contribution in [3.05, 3.63) is 65.2 Å². The number of amides is 1. The Morgan fingerprint density at radius 3 is 2.67 bits per heavy atom. The Bertz CT molecular complexity index is 683. The zero-order valence-electron chi connectivity index (χ0n) is 11.5. The maximum atomic E-state index is 12.1. The van der Waals surface area contributed by atoms with E-state index in [4.69, 9.17) is 0 Å². The molecule has 4 heteroatoms. The lowest BCUT2D eigenvalue weighted by Gasteiger charge is -2.24. The number of fused-ring (bicyclic) bond motifs is 1. The van der Waals surface area contributed by atoms with E-state index >= 15 is 0 Å². The van der Waals surface area contributed by atoms with Crippen molar-refractivity contribution in [3.63, 3.8) is 0 Å². The molecule has 1 aliphatic carbocycles. The zero-order valence-corrected chi connectivity index (χ0v) is 11.5. The number of benzene rings is 2. The van der Waals surface area contributed by atoms with Gasteiger partial charge in [0.15, 0.2) is 0 Å². The highest BCUT2D eigenvalue weighted by Gasteiger charge is 2.36. The molecule has 0 saturated carbocycles. The molecule has 0 radical (unpaired) electrons. The fraction of sp³-hybridized carbons (Fsp3) is 0.235. The number of aromatic hydroxyl groups is 1. The van der Waals surface area contributed by atoms with Crippen LogP contribution in [0.25, 0.3) is 0 Å². The lowest BCUT2D eigenvalue weighted by atomic mass is 9.96. The third-order valence-corrected chi connectivity index (χ3v) is 4.02. The van der Waals surface area contributed by atoms with Crippen molar-refractivity contribution in [2.24, 2.45) is 0 Å². The van der Waals surface area contributed by atoms with Crippen LogP contribution in [0, 0.1) is 0 Å². The number of para-hydroxylation sites is 1. The van der Waals surface area contributed by atoms with Crippen LogP contribution in [0.1, 0.15) is 27.9 Å². The van der Waals surface area contributed by atoms with Gasteiger partial charge >= 0.3 is 0 Å². The van der Waals surface area contributed by atoms with Crippen LogP contribution in [0.5, 0.6) is 5.75 Å². The average molecular weight is 283 g/mol. The third kappa shape index (κ3) is 2.50. The molecule has 2 aromatic rings. The summed E-state index contributed by atoms with van der Waals surface area (Å²) in [6.07, 6.45) is 1.40. The van der Waals surface area contributed by atoms with Crippen LogP contribution in [-0.2, 0) is 12.0 Å². The standard InChI is InChI=1S/C17H17NO3/c19-15-8-4-2-6-13(15)16(20)18-11-17(21)10-9-12-5-1-3-7-14(12)17/h1-8,19,21H,9-11H2,(H,18,20). The summed E-state index contributed by atoms with van der Waals surface area (Å²) < 4.78 is 0. The smallest absolute Gasteiger partial charge is 0.255 e. The fourth-order valence-electron chi connectivity index (χ4n) is 2.84. The molecule has 1 aliphatic rings. The Kier molecular flexibility index (Phi) is 3.39. The van der Waals surface area contributed by atoms with Gasteiger partial charge in [-0.3, -0.25) is 4.79 Å². The number of hydrogen-bond donors (Lipinski definition) is 3. The number of carbonyl (C=O) groups is 1. The van der Waals surface area contributed by atoms with Crippen LogP contribution < -0.4 is 5.32 Å². The zero-order chi connectivity index (χ0) is 14.9. The topological polar surface area (TPSA) is 69.6 Å². The summed E-state index contributed by atoms with van der Waals surface area (Å²) in [5.74, 6) is -0.445. The van der Waals surface area contributed by atoms with E-state index in [1.54, 1.807) is 18.2 Å². The minimum atomic E-state index is -1.03. The van der Waals surface area contributed by atoms with Crippen LogP contribution >= 0.6 is 0 Å². The second-order valence-corrected chi connectivity index (χ2v) is 5.39. The van der Waals surface area contributed by atoms with Gasteiger partial charge in [-0.2, -0.15) is 0 Å². The Balaban J connectivity index is 1.74. The summed E-state index contributed by atoms with van der Waals surface area (Å²) in [5.41, 5.74) is 1.18. The van der Waals surface area contributed by atoms with Crippen molar-refractivity contribution in [2.75, 3.05) is 6.54 Å². The van der Waals surface area contributed by atoms with E-state index < -0.39 is 5.60 Å². The maximum absolute atomic E-state index is 12.1. The van der Waals surface area contributed by atoms with E-state index in [0.717, 1.165) is 17.5 Å². The van der Waals surface area contributed by atoms with Crippen molar-refractivity contribution in [1.82, 2.24) is 5.32 Å². The van der Waals surface area contributed by atoms with E-state index in [1.807, 2.05) is 24.3 Å². The predicted octanol–water partition coefficient (Wildman–Crippen LogP) is 1.96. The molecule has 0 aromatic heterocycles. The van der Waals surface area contributed by atoms with Crippen molar-refractivity contribution >= 4 is 5.91 Å². The van der Waals surface area contributed by atoms with Gasteiger partial charge in [0.1, 0.15) is 11.4 Å². The van der Waals surface area contributed by atoms with E-state index in [1.165, 1.54) is 6.07 Å². The summed E-state index contributed by atoms with van der Waals surface area (Å²) in [7, 11) is 0. The molecule has 0 heterocycles. The number of carbonyl (C=O) groups excluding carboxylic acids is 1. The molecule has 3 rings (SSSR count). The molecule has 1 atom stereocenters. The summed E-state index contributed by atoms with van der Waals surface area (Å²) >= 11 is 0. The van der Waals surface area contributed by atoms with Crippen molar-refractivity contribution in [3.8, 4) is 5.75 Å². The summed E-state index contributed by atoms with van der Waals surface area (Å²) in [4.78, 5) is 12.1. The summed E-state index contributed by atoms with van der Waals surface area (Å²) in [6.45, 7) is 0.136. The first-order chi connectivity index (χ1) is 10.1. The minimum Gasteiger partial charge on any atom is -0.507 e. The largest absolute Gasteiger partial charge is 0.507 e. The van der Waals surface area contributed by atoms with Crippen LogP contribution in [-0.4, -0.2) is 22.7 Å². The van der Waals surface area contributed by atoms with Gasteiger partial charge < -0.3 is 15.5 Å². The quantitative estimate of drug-likeness (QED) is 0.806. The van der Waals surface area contributed by atoms with Gasteiger partial charge in [-0.05, 0) is 36.1 Å². The van der Waals surface area contributed by atoms with Gasteiger partial charge in [-0.25, -0.2) is 0 Å². The van der Waals surface area contributed by atoms with E-state index in [9.17, 15) is 15.0 Å². The lowest BCUT2D eigenvalue weighted by Crippen LogP contribution is -2.39. The molecule has 0 fully saturated rings. The normalized spacial score (nSPS) is 20.0. The maximum Gasteiger partial charge on any atom is 0.255 e. The van der Waals surface area contributed by atoms with Crippen molar-refractivity contribution in [2.45, 2.75) is 18.4 Å². The first-order valence-electron chi connectivity index (χ1n) is 6.97. The molecule has 1 amide bonds. The van der Waals surface area contributed by atoms with E-state index in [2.05, 4.69) is 5.32 Å². The van der Waals surface area contributed by atoms with E-state index in [-0.39, 0.29) is 23.8 Å². The van der Waals surface area contributed by atoms with Crippen LogP contribution in [0.15, 0.2) is 48.5 Å². The molecule has 0 bridgehead atoms. The van der Waals surface area contributed by atoms with E-state index in [0.29, 0.717) is 6.42 Å². The molecule has 3 N–H and O–H groups in total. The molecule has 0 aliphatic heterocycles. The molecule has 4 nitrogen and oxygen atoms in total. The molecule has 1 unspecified atom stereocenters. The van der Waals surface area contributed by atoms with Gasteiger partial charge in [-0.15, -0.1) is 0 Å². The van der Waals surface area contributed by atoms with Crippen molar-refractivity contribution < 1.29 is 15.0 Å². The molecule has 21 heavy (non-hydrogen) atoms. The summed E-state index contributed by atoms with van der Waals surface area (Å²) in [5, 5.41) is 23.1. The Labute approximate surface area is 123 Å². The number of aliphatic hydroxyl groups is 1. The summed E-state index contributed by atoms with van der Waals surface area (Å²) in [6, 6.07) is 14.1. The van der Waals surface area contributed by atoms with Gasteiger partial charge in [-0.1, -0.05) is 36.4 Å². The number of hydrogen-bond acceptors (Lipinski definition) is 3. The molecule has 2 aromatic carbocycles. The number of phenols is 1. The Hall–Kier alpha value is -2.33. The predicted molar refractivity (Wildman–Crippen MR) is 79.1 cm³/mol. The number of nitrogens with one attached hydrogen (secondary N) is 1. The fourth-order valence-corrected chi connectivity index (χ4v) is 2.84. The van der Waals surface area contributed by atoms with Gasteiger partial charge in [0.05, 0.1) is 12.1 Å². The van der Waals surface area contributed by atoms with Crippen LogP contribution in [0.3, 0.4) is 0 Å². The first-order valence-corrected chi connectivity index (χ1v) is 6.97. The Morgan fingerprint density at radius 1 is 1.14 bits per heavy atom. The number of aryl methyl sites for hydroxylation is 1. The van der Waals surface area contributed by atoms with Crippen molar-refractivity contribution in [1.29, 1.82) is 0 Å². The second-order valence-electron chi connectivity index (χ2n) is 5.39. The number of phenolic OH excluding ortho intramolecular Hbond substituents is 1. The highest BCUT2D eigenvalue weighted by atomic mass is 16.3. The second kappa shape index (κ2) is 5.22.